The van der Waals surface area contributed by atoms with Gasteiger partial charge in [0.1, 0.15) is 0 Å². The van der Waals surface area contributed by atoms with Crippen LogP contribution in [0, 0.1) is 0 Å². The average molecular weight is 305 g/mol. The van der Waals surface area contributed by atoms with Gasteiger partial charge in [-0.15, -0.1) is 0 Å². The molecule has 2 aliphatic heterocycles. The van der Waals surface area contributed by atoms with Crippen LogP contribution in [0.25, 0.3) is 0 Å². The molecule has 2 N–H and O–H groups in total. The highest BCUT2D eigenvalue weighted by molar-refractivity contribution is 8.00. The fraction of sp³-hybridized carbons (Fsp3) is 0.647. The second-order valence-electron chi connectivity index (χ2n) is 6.50. The van der Waals surface area contributed by atoms with Crippen molar-refractivity contribution in [2.24, 2.45) is 5.73 Å². The van der Waals surface area contributed by atoms with Gasteiger partial charge in [-0.2, -0.15) is 11.8 Å². The number of thioether (sulfide) groups is 1. The Labute approximate surface area is 132 Å². The van der Waals surface area contributed by atoms with E-state index in [9.17, 15) is 0 Å². The highest BCUT2D eigenvalue weighted by Crippen LogP contribution is 2.38. The van der Waals surface area contributed by atoms with E-state index >= 15 is 0 Å². The van der Waals surface area contributed by atoms with Gasteiger partial charge in [0.2, 0.25) is 0 Å². The minimum absolute atomic E-state index is 0.267. The van der Waals surface area contributed by atoms with E-state index in [4.69, 9.17) is 5.73 Å². The summed E-state index contributed by atoms with van der Waals surface area (Å²) in [4.78, 5) is 5.24. The maximum absolute atomic E-state index is 6.15. The molecule has 21 heavy (non-hydrogen) atoms. The molecule has 116 valence electrons. The highest BCUT2D eigenvalue weighted by Gasteiger charge is 2.42. The molecule has 0 aromatic heterocycles. The quantitative estimate of drug-likeness (QED) is 0.922. The summed E-state index contributed by atoms with van der Waals surface area (Å²) in [6, 6.07) is 10.8. The summed E-state index contributed by atoms with van der Waals surface area (Å²) < 4.78 is 0. The van der Waals surface area contributed by atoms with Crippen LogP contribution in [0.1, 0.15) is 18.9 Å². The molecule has 0 aliphatic carbocycles. The zero-order valence-corrected chi connectivity index (χ0v) is 13.8. The minimum Gasteiger partial charge on any atom is -0.329 e. The molecule has 0 spiro atoms. The zero-order chi connectivity index (χ0) is 14.7. The van der Waals surface area contributed by atoms with E-state index in [0.717, 1.165) is 44.5 Å². The van der Waals surface area contributed by atoms with Gasteiger partial charge in [-0.3, -0.25) is 9.80 Å². The lowest BCUT2D eigenvalue weighted by Crippen LogP contribution is -2.60. The molecule has 0 bridgehead atoms. The van der Waals surface area contributed by atoms with Gasteiger partial charge in [-0.05, 0) is 12.0 Å². The molecule has 2 unspecified atom stereocenters. The molecular formula is C17H27N3S. The Kier molecular flexibility index (Phi) is 4.89. The molecule has 3 nitrogen and oxygen atoms in total. The molecular weight excluding hydrogens is 278 g/mol. The summed E-state index contributed by atoms with van der Waals surface area (Å²) in [5, 5.41) is 0.760. The molecule has 4 heteroatoms. The minimum atomic E-state index is 0.267. The molecule has 0 radical (unpaired) electrons. The summed E-state index contributed by atoms with van der Waals surface area (Å²) in [6.45, 7) is 8.88. The molecule has 1 aromatic rings. The van der Waals surface area contributed by atoms with Gasteiger partial charge >= 0.3 is 0 Å². The Morgan fingerprint density at radius 1 is 1.19 bits per heavy atom. The lowest BCUT2D eigenvalue weighted by atomic mass is 9.93. The lowest BCUT2D eigenvalue weighted by molar-refractivity contribution is 0.0456. The number of hydrogen-bond acceptors (Lipinski definition) is 4. The van der Waals surface area contributed by atoms with Crippen LogP contribution in [-0.4, -0.2) is 59.1 Å². The van der Waals surface area contributed by atoms with Crippen molar-refractivity contribution in [1.82, 2.24) is 9.80 Å². The summed E-state index contributed by atoms with van der Waals surface area (Å²) in [5.41, 5.74) is 7.84. The fourth-order valence-corrected chi connectivity index (χ4v) is 5.11. The van der Waals surface area contributed by atoms with Crippen LogP contribution in [0.4, 0.5) is 0 Å². The summed E-state index contributed by atoms with van der Waals surface area (Å²) in [6.07, 6.45) is 1.26. The first-order chi connectivity index (χ1) is 10.2. The molecule has 2 fully saturated rings. The standard InChI is InChI=1S/C17H27N3S/c1-15-11-17(13-18,14-21-15)20-9-7-19(8-10-20)12-16-5-3-2-4-6-16/h2-6,15H,7-14,18H2,1H3. The number of benzene rings is 1. The van der Waals surface area contributed by atoms with Crippen LogP contribution in [0.2, 0.25) is 0 Å². The Balaban J connectivity index is 1.55. The van der Waals surface area contributed by atoms with Gasteiger partial charge in [0.05, 0.1) is 0 Å². The van der Waals surface area contributed by atoms with Gasteiger partial charge in [0.25, 0.3) is 0 Å². The van der Waals surface area contributed by atoms with Gasteiger partial charge in [-0.25, -0.2) is 0 Å². The predicted molar refractivity (Wildman–Crippen MR) is 91.6 cm³/mol. The summed E-state index contributed by atoms with van der Waals surface area (Å²) >= 11 is 2.09. The second kappa shape index (κ2) is 6.69. The van der Waals surface area contributed by atoms with E-state index in [1.807, 2.05) is 0 Å². The third-order valence-corrected chi connectivity index (χ3v) is 6.42. The predicted octanol–water partition coefficient (Wildman–Crippen LogP) is 2.03. The number of hydrogen-bond donors (Lipinski definition) is 1. The molecule has 3 rings (SSSR count). The fourth-order valence-electron chi connectivity index (χ4n) is 3.66. The summed E-state index contributed by atoms with van der Waals surface area (Å²) in [5.74, 6) is 1.21. The molecule has 2 saturated heterocycles. The number of rotatable bonds is 4. The van der Waals surface area contributed by atoms with Crippen LogP contribution < -0.4 is 5.73 Å². The van der Waals surface area contributed by atoms with Crippen molar-refractivity contribution in [3.8, 4) is 0 Å². The molecule has 2 aliphatic rings. The Morgan fingerprint density at radius 3 is 2.48 bits per heavy atom. The number of nitrogens with two attached hydrogens (primary N) is 1. The van der Waals surface area contributed by atoms with Crippen molar-refractivity contribution in [1.29, 1.82) is 0 Å². The molecule has 0 saturated carbocycles. The van der Waals surface area contributed by atoms with Crippen molar-refractivity contribution in [3.63, 3.8) is 0 Å². The van der Waals surface area contributed by atoms with Crippen molar-refractivity contribution < 1.29 is 0 Å². The van der Waals surface area contributed by atoms with Crippen LogP contribution in [0.5, 0.6) is 0 Å². The highest BCUT2D eigenvalue weighted by atomic mass is 32.2. The first-order valence-corrected chi connectivity index (χ1v) is 9.10. The second-order valence-corrected chi connectivity index (χ2v) is 7.93. The smallest absolute Gasteiger partial charge is 0.0433 e. The first kappa shape index (κ1) is 15.3. The molecule has 0 amide bonds. The zero-order valence-electron chi connectivity index (χ0n) is 13.0. The molecule has 2 heterocycles. The molecule has 1 aromatic carbocycles. The monoisotopic (exact) mass is 305 g/mol. The van der Waals surface area contributed by atoms with Gasteiger partial charge in [0, 0.05) is 55.8 Å². The van der Waals surface area contributed by atoms with Crippen LogP contribution in [0.3, 0.4) is 0 Å². The molecule has 2 atom stereocenters. The summed E-state index contributed by atoms with van der Waals surface area (Å²) in [7, 11) is 0. The Bertz CT molecular complexity index is 445. The van der Waals surface area contributed by atoms with Crippen LogP contribution in [-0.2, 0) is 6.54 Å². The maximum Gasteiger partial charge on any atom is 0.0433 e. The normalized spacial score (nSPS) is 31.6. The average Bonchev–Trinajstić information content (AvgIpc) is 2.92. The van der Waals surface area contributed by atoms with Crippen molar-refractivity contribution in [2.75, 3.05) is 38.5 Å². The van der Waals surface area contributed by atoms with E-state index < -0.39 is 0 Å². The Morgan fingerprint density at radius 2 is 1.90 bits per heavy atom. The van der Waals surface area contributed by atoms with Crippen LogP contribution >= 0.6 is 11.8 Å². The van der Waals surface area contributed by atoms with Crippen molar-refractivity contribution >= 4 is 11.8 Å². The maximum atomic E-state index is 6.15. The van der Waals surface area contributed by atoms with E-state index in [-0.39, 0.29) is 5.54 Å². The topological polar surface area (TPSA) is 32.5 Å². The van der Waals surface area contributed by atoms with E-state index in [2.05, 4.69) is 58.8 Å². The van der Waals surface area contributed by atoms with E-state index in [1.165, 1.54) is 17.7 Å². The van der Waals surface area contributed by atoms with Crippen molar-refractivity contribution in [3.05, 3.63) is 35.9 Å². The lowest BCUT2D eigenvalue weighted by Gasteiger charge is -2.45. The van der Waals surface area contributed by atoms with Gasteiger partial charge < -0.3 is 5.73 Å². The third-order valence-electron chi connectivity index (χ3n) is 4.98. The largest absolute Gasteiger partial charge is 0.329 e. The first-order valence-electron chi connectivity index (χ1n) is 8.05. The number of piperazine rings is 1. The van der Waals surface area contributed by atoms with E-state index in [1.54, 1.807) is 0 Å². The van der Waals surface area contributed by atoms with Crippen molar-refractivity contribution in [2.45, 2.75) is 30.7 Å². The van der Waals surface area contributed by atoms with Gasteiger partial charge in [-0.1, -0.05) is 37.3 Å². The SMILES string of the molecule is CC1CC(CN)(N2CCN(Cc3ccccc3)CC2)CS1. The third kappa shape index (κ3) is 3.45. The number of nitrogens with zero attached hydrogens (tertiary/aromatic N) is 2. The van der Waals surface area contributed by atoms with Gasteiger partial charge in [0.15, 0.2) is 0 Å². The Hall–Kier alpha value is -0.550. The van der Waals surface area contributed by atoms with E-state index in [0.29, 0.717) is 0 Å². The van der Waals surface area contributed by atoms with Crippen LogP contribution in [0.15, 0.2) is 30.3 Å².